The Labute approximate surface area is 197 Å². The first-order valence-electron chi connectivity index (χ1n) is 10.7. The predicted molar refractivity (Wildman–Crippen MR) is 116 cm³/mol. The summed E-state index contributed by atoms with van der Waals surface area (Å²) >= 11 is 0. The third-order valence-corrected chi connectivity index (χ3v) is 4.33. The number of carbonyl (C=O) groups excluding carboxylic acids is 3. The van der Waals surface area contributed by atoms with Crippen LogP contribution in [-0.4, -0.2) is 95.0 Å². The van der Waals surface area contributed by atoms with Gasteiger partial charge in [0.25, 0.3) is 0 Å². The normalized spacial score (nSPS) is 24.4. The van der Waals surface area contributed by atoms with E-state index in [0.29, 0.717) is 6.61 Å². The molecule has 1 fully saturated rings. The topological polar surface area (TPSA) is 177 Å². The van der Waals surface area contributed by atoms with E-state index < -0.39 is 48.4 Å². The lowest BCUT2D eigenvalue weighted by Crippen LogP contribution is -2.59. The van der Waals surface area contributed by atoms with E-state index in [0.717, 1.165) is 0 Å². The van der Waals surface area contributed by atoms with E-state index in [-0.39, 0.29) is 39.8 Å². The summed E-state index contributed by atoms with van der Waals surface area (Å²) in [5, 5.41) is 3.36. The second-order valence-corrected chi connectivity index (χ2v) is 6.97. The van der Waals surface area contributed by atoms with Gasteiger partial charge < -0.3 is 33.2 Å². The molecule has 0 saturated carbocycles. The van der Waals surface area contributed by atoms with Gasteiger partial charge in [-0.1, -0.05) is 5.11 Å². The van der Waals surface area contributed by atoms with Gasteiger partial charge in [0.15, 0.2) is 12.4 Å². The average molecular weight is 488 g/mol. The van der Waals surface area contributed by atoms with Crippen molar-refractivity contribution >= 4 is 24.1 Å². The molecule has 1 saturated heterocycles. The molecule has 14 heteroatoms. The number of nitrogens with zero attached hydrogens (tertiary/aromatic N) is 4. The Morgan fingerprint density at radius 1 is 1.03 bits per heavy atom. The van der Waals surface area contributed by atoms with Gasteiger partial charge in [0.2, 0.25) is 5.91 Å². The molecule has 14 nitrogen and oxygen atoms in total. The Morgan fingerprint density at radius 2 is 1.79 bits per heavy atom. The molecule has 1 amide bonds. The maximum atomic E-state index is 11.8. The first kappa shape index (κ1) is 29.4. The first-order valence-corrected chi connectivity index (χ1v) is 10.7. The molecule has 0 radical (unpaired) electrons. The van der Waals surface area contributed by atoms with Crippen LogP contribution in [0, 0.1) is 5.92 Å². The summed E-state index contributed by atoms with van der Waals surface area (Å²) in [7, 11) is 0. The molecule has 0 spiro atoms. The lowest BCUT2D eigenvalue weighted by molar-refractivity contribution is -0.292. The lowest BCUT2D eigenvalue weighted by Gasteiger charge is -2.44. The molecule has 1 unspecified atom stereocenters. The summed E-state index contributed by atoms with van der Waals surface area (Å²) in [6.45, 7) is 6.11. The van der Waals surface area contributed by atoms with E-state index in [1.807, 2.05) is 0 Å². The molecule has 0 bridgehead atoms. The summed E-state index contributed by atoms with van der Waals surface area (Å²) in [5.41, 5.74) is 8.28. The van der Waals surface area contributed by atoms with Crippen molar-refractivity contribution in [1.29, 1.82) is 0 Å². The van der Waals surface area contributed by atoms with Crippen LogP contribution in [0.4, 0.5) is 0 Å². The van der Waals surface area contributed by atoms with Gasteiger partial charge in [-0.2, -0.15) is 0 Å². The molecule has 34 heavy (non-hydrogen) atoms. The third kappa shape index (κ3) is 11.5. The second kappa shape index (κ2) is 16.9. The molecule has 1 aliphatic rings. The van der Waals surface area contributed by atoms with Crippen LogP contribution in [-0.2, 0) is 47.5 Å². The largest absolute Gasteiger partial charge is 0.463 e. The minimum atomic E-state index is -1.01. The van der Waals surface area contributed by atoms with Crippen molar-refractivity contribution in [1.82, 2.24) is 0 Å². The number of hydrogen-bond acceptors (Lipinski definition) is 11. The Morgan fingerprint density at radius 3 is 2.41 bits per heavy atom. The van der Waals surface area contributed by atoms with Crippen molar-refractivity contribution in [3.8, 4) is 0 Å². The van der Waals surface area contributed by atoms with Crippen molar-refractivity contribution in [2.75, 3.05) is 46.4 Å². The second-order valence-electron chi connectivity index (χ2n) is 6.97. The van der Waals surface area contributed by atoms with Crippen LogP contribution in [0.25, 0.3) is 10.4 Å². The molecule has 0 aliphatic carbocycles. The molecule has 192 valence electrons. The molecule has 0 aromatic rings. The van der Waals surface area contributed by atoms with E-state index in [1.54, 1.807) is 6.92 Å². The summed E-state index contributed by atoms with van der Waals surface area (Å²) in [4.78, 5) is 41.1. The molecule has 0 N–H and O–H groups in total. The van der Waals surface area contributed by atoms with Crippen LogP contribution >= 0.6 is 0 Å². The van der Waals surface area contributed by atoms with Gasteiger partial charge in [0, 0.05) is 45.0 Å². The summed E-state index contributed by atoms with van der Waals surface area (Å²) in [5.74, 6) is -2.41. The molecular formula is C20H32N4O10. The zero-order chi connectivity index (χ0) is 25.3. The number of aliphatic imine (C=N–C) groups is 1. The Hall–Kier alpha value is -2.61. The fourth-order valence-corrected chi connectivity index (χ4v) is 2.98. The number of esters is 2. The molecule has 5 atom stereocenters. The monoisotopic (exact) mass is 488 g/mol. The highest BCUT2D eigenvalue weighted by atomic mass is 16.7. The first-order chi connectivity index (χ1) is 16.3. The van der Waals surface area contributed by atoms with Crippen LogP contribution in [0.15, 0.2) is 10.1 Å². The minimum absolute atomic E-state index is 0.0715. The maximum Gasteiger partial charge on any atom is 0.303 e. The molecule has 0 aromatic heterocycles. The van der Waals surface area contributed by atoms with Crippen molar-refractivity contribution < 1.29 is 47.5 Å². The third-order valence-electron chi connectivity index (χ3n) is 4.33. The fourth-order valence-electron chi connectivity index (χ4n) is 2.98. The molecule has 1 heterocycles. The van der Waals surface area contributed by atoms with E-state index in [9.17, 15) is 14.4 Å². The SMILES string of the molecule is CCOCO[C@@H]1C(C=NC(C)=O)[C@H](OCCOCCN=[N+]=[N-])O[C@H](COC(C)=O)[C@@H]1OC(C)=O. The zero-order valence-electron chi connectivity index (χ0n) is 19.8. The van der Waals surface area contributed by atoms with Crippen LogP contribution in [0.3, 0.4) is 0 Å². The van der Waals surface area contributed by atoms with Crippen molar-refractivity contribution in [2.24, 2.45) is 16.0 Å². The van der Waals surface area contributed by atoms with Crippen molar-refractivity contribution in [3.05, 3.63) is 10.4 Å². The van der Waals surface area contributed by atoms with Crippen LogP contribution in [0.1, 0.15) is 27.7 Å². The smallest absolute Gasteiger partial charge is 0.303 e. The lowest BCUT2D eigenvalue weighted by atomic mass is 9.91. The number of amides is 1. The molecular weight excluding hydrogens is 456 g/mol. The van der Waals surface area contributed by atoms with E-state index in [4.69, 9.17) is 38.7 Å². The van der Waals surface area contributed by atoms with Crippen LogP contribution < -0.4 is 0 Å². The molecule has 1 rings (SSSR count). The van der Waals surface area contributed by atoms with Gasteiger partial charge in [0.1, 0.15) is 25.6 Å². The highest BCUT2D eigenvalue weighted by Gasteiger charge is 2.49. The Bertz CT molecular complexity index is 728. The minimum Gasteiger partial charge on any atom is -0.463 e. The van der Waals surface area contributed by atoms with E-state index in [1.165, 1.54) is 27.0 Å². The van der Waals surface area contributed by atoms with Gasteiger partial charge in [-0.25, -0.2) is 4.99 Å². The molecule has 1 aliphatic heterocycles. The van der Waals surface area contributed by atoms with Crippen molar-refractivity contribution in [3.63, 3.8) is 0 Å². The number of azide groups is 1. The average Bonchev–Trinajstić information content (AvgIpc) is 2.77. The number of rotatable bonds is 15. The summed E-state index contributed by atoms with van der Waals surface area (Å²) in [6, 6.07) is 0. The van der Waals surface area contributed by atoms with Crippen LogP contribution in [0.5, 0.6) is 0 Å². The maximum absolute atomic E-state index is 11.8. The fraction of sp³-hybridized carbons (Fsp3) is 0.800. The predicted octanol–water partition coefficient (Wildman–Crippen LogP) is 1.16. The van der Waals surface area contributed by atoms with Gasteiger partial charge >= 0.3 is 11.9 Å². The number of carbonyl (C=O) groups is 3. The van der Waals surface area contributed by atoms with Crippen molar-refractivity contribution in [2.45, 2.75) is 52.3 Å². The molecule has 0 aromatic carbocycles. The quantitative estimate of drug-likeness (QED) is 0.0618. The number of hydrogen-bond donors (Lipinski definition) is 0. The number of ether oxygens (including phenoxy) is 7. The highest BCUT2D eigenvalue weighted by molar-refractivity contribution is 5.84. The van der Waals surface area contributed by atoms with E-state index in [2.05, 4.69) is 15.0 Å². The van der Waals surface area contributed by atoms with Gasteiger partial charge in [-0.15, -0.1) is 0 Å². The summed E-state index contributed by atoms with van der Waals surface area (Å²) in [6.07, 6.45) is -2.55. The van der Waals surface area contributed by atoms with Gasteiger partial charge in [-0.3, -0.25) is 14.4 Å². The Kier molecular flexibility index (Phi) is 14.6. The van der Waals surface area contributed by atoms with Gasteiger partial charge in [-0.05, 0) is 12.5 Å². The zero-order valence-corrected chi connectivity index (χ0v) is 19.8. The van der Waals surface area contributed by atoms with E-state index >= 15 is 0 Å². The highest BCUT2D eigenvalue weighted by Crippen LogP contribution is 2.31. The van der Waals surface area contributed by atoms with Crippen LogP contribution in [0.2, 0.25) is 0 Å². The standard InChI is InChI=1S/C20H32N4O10/c1-5-28-12-32-18-16(10-22-13(2)25)20(30-9-8-29-7-6-23-24-21)34-17(11-31-14(3)26)19(18)33-15(4)27/h10,16-20H,5-9,11-12H2,1-4H3/t16?,17-,18-,19+,20-/m1/s1. The summed E-state index contributed by atoms with van der Waals surface area (Å²) < 4.78 is 38.7. The Balaban J connectivity index is 3.10. The van der Waals surface area contributed by atoms with Gasteiger partial charge in [0.05, 0.1) is 25.7 Å².